The van der Waals surface area contributed by atoms with Crippen LogP contribution in [0.2, 0.25) is 0 Å². The van der Waals surface area contributed by atoms with E-state index in [0.29, 0.717) is 13.0 Å². The van der Waals surface area contributed by atoms with Crippen molar-refractivity contribution in [3.63, 3.8) is 0 Å². The average Bonchev–Trinajstić information content (AvgIpc) is 1.85. The standard InChI is InChI=1S/C8H15NO/c1-7(2)4-5-8(10)6-9-3/h9H,1,4-6H2,2-3H3. The Morgan fingerprint density at radius 3 is 2.50 bits per heavy atom. The molecule has 1 N–H and O–H groups in total. The summed E-state index contributed by atoms with van der Waals surface area (Å²) in [5.74, 6) is 0.255. The minimum atomic E-state index is 0.255. The average molecular weight is 141 g/mol. The first-order chi connectivity index (χ1) is 4.66. The van der Waals surface area contributed by atoms with Gasteiger partial charge in [0.25, 0.3) is 0 Å². The Labute approximate surface area is 62.3 Å². The highest BCUT2D eigenvalue weighted by atomic mass is 16.1. The summed E-state index contributed by atoms with van der Waals surface area (Å²) >= 11 is 0. The van der Waals surface area contributed by atoms with Crippen molar-refractivity contribution in [3.05, 3.63) is 12.2 Å². The van der Waals surface area contributed by atoms with Crippen LogP contribution in [-0.2, 0) is 4.79 Å². The van der Waals surface area contributed by atoms with E-state index in [1.54, 1.807) is 7.05 Å². The topological polar surface area (TPSA) is 29.1 Å². The molecule has 0 atom stereocenters. The Hall–Kier alpha value is -0.630. The van der Waals surface area contributed by atoms with Gasteiger partial charge in [-0.3, -0.25) is 4.79 Å². The second kappa shape index (κ2) is 5.18. The quantitative estimate of drug-likeness (QED) is 0.581. The van der Waals surface area contributed by atoms with Crippen molar-refractivity contribution in [2.45, 2.75) is 19.8 Å². The van der Waals surface area contributed by atoms with Crippen LogP contribution in [0, 0.1) is 0 Å². The third-order valence-electron chi connectivity index (χ3n) is 1.20. The molecule has 58 valence electrons. The van der Waals surface area contributed by atoms with Gasteiger partial charge in [0, 0.05) is 6.42 Å². The summed E-state index contributed by atoms with van der Waals surface area (Å²) in [5, 5.41) is 2.81. The van der Waals surface area contributed by atoms with Gasteiger partial charge in [0.2, 0.25) is 0 Å². The number of likely N-dealkylation sites (N-methyl/N-ethyl adjacent to an activating group) is 1. The van der Waals surface area contributed by atoms with Crippen molar-refractivity contribution >= 4 is 5.78 Å². The molecule has 2 nitrogen and oxygen atoms in total. The summed E-state index contributed by atoms with van der Waals surface area (Å²) in [6, 6.07) is 0. The van der Waals surface area contributed by atoms with E-state index in [9.17, 15) is 4.79 Å². The zero-order valence-electron chi connectivity index (χ0n) is 6.74. The summed E-state index contributed by atoms with van der Waals surface area (Å²) in [6.07, 6.45) is 1.44. The smallest absolute Gasteiger partial charge is 0.146 e. The van der Waals surface area contributed by atoms with E-state index in [2.05, 4.69) is 11.9 Å². The Bertz CT molecular complexity index is 129. The molecule has 0 aromatic heterocycles. The third kappa shape index (κ3) is 5.51. The Morgan fingerprint density at radius 2 is 2.10 bits per heavy atom. The van der Waals surface area contributed by atoms with Gasteiger partial charge < -0.3 is 5.32 Å². The molecule has 0 bridgehead atoms. The van der Waals surface area contributed by atoms with Gasteiger partial charge in [-0.15, -0.1) is 6.58 Å². The first kappa shape index (κ1) is 9.37. The van der Waals surface area contributed by atoms with Crippen molar-refractivity contribution in [2.24, 2.45) is 0 Å². The predicted molar refractivity (Wildman–Crippen MR) is 43.0 cm³/mol. The highest BCUT2D eigenvalue weighted by Crippen LogP contribution is 1.99. The fourth-order valence-electron chi connectivity index (χ4n) is 0.638. The molecule has 0 saturated heterocycles. The van der Waals surface area contributed by atoms with Crippen molar-refractivity contribution in [1.82, 2.24) is 5.32 Å². The van der Waals surface area contributed by atoms with E-state index in [4.69, 9.17) is 0 Å². The third-order valence-corrected chi connectivity index (χ3v) is 1.20. The van der Waals surface area contributed by atoms with Crippen LogP contribution in [0.25, 0.3) is 0 Å². The van der Waals surface area contributed by atoms with Gasteiger partial charge >= 0.3 is 0 Å². The molecule has 0 aliphatic carbocycles. The van der Waals surface area contributed by atoms with Gasteiger partial charge in [-0.25, -0.2) is 0 Å². The molecule has 0 unspecified atom stereocenters. The van der Waals surface area contributed by atoms with Gasteiger partial charge in [-0.2, -0.15) is 0 Å². The lowest BCUT2D eigenvalue weighted by molar-refractivity contribution is -0.118. The molecule has 0 rings (SSSR count). The zero-order valence-corrected chi connectivity index (χ0v) is 6.74. The van der Waals surface area contributed by atoms with E-state index >= 15 is 0 Å². The van der Waals surface area contributed by atoms with Crippen LogP contribution >= 0.6 is 0 Å². The van der Waals surface area contributed by atoms with Gasteiger partial charge in [0.15, 0.2) is 0 Å². The molecule has 0 radical (unpaired) electrons. The second-order valence-corrected chi connectivity index (χ2v) is 2.53. The highest BCUT2D eigenvalue weighted by molar-refractivity contribution is 5.80. The van der Waals surface area contributed by atoms with Gasteiger partial charge in [-0.1, -0.05) is 5.57 Å². The van der Waals surface area contributed by atoms with E-state index in [0.717, 1.165) is 12.0 Å². The van der Waals surface area contributed by atoms with Gasteiger partial charge in [0.1, 0.15) is 5.78 Å². The number of ketones is 1. The molecule has 2 heteroatoms. The summed E-state index contributed by atoms with van der Waals surface area (Å²) in [5.41, 5.74) is 1.07. The van der Waals surface area contributed by atoms with E-state index in [1.807, 2.05) is 6.92 Å². The molecule has 0 spiro atoms. The molecule has 10 heavy (non-hydrogen) atoms. The maximum atomic E-state index is 10.8. The van der Waals surface area contributed by atoms with Crippen LogP contribution in [0.5, 0.6) is 0 Å². The number of carbonyl (C=O) groups is 1. The lowest BCUT2D eigenvalue weighted by Crippen LogP contribution is -2.17. The van der Waals surface area contributed by atoms with E-state index in [1.165, 1.54) is 0 Å². The fourth-order valence-corrected chi connectivity index (χ4v) is 0.638. The molecular formula is C8H15NO. The molecule has 0 saturated carbocycles. The fraction of sp³-hybridized carbons (Fsp3) is 0.625. The maximum Gasteiger partial charge on any atom is 0.146 e. The number of hydrogen-bond acceptors (Lipinski definition) is 2. The minimum absolute atomic E-state index is 0.255. The molecule has 0 aromatic rings. The van der Waals surface area contributed by atoms with Crippen LogP contribution in [-0.4, -0.2) is 19.4 Å². The number of rotatable bonds is 5. The largest absolute Gasteiger partial charge is 0.313 e. The molecule has 0 amide bonds. The Balaban J connectivity index is 3.30. The summed E-state index contributed by atoms with van der Waals surface area (Å²) in [7, 11) is 1.78. The monoisotopic (exact) mass is 141 g/mol. The number of allylic oxidation sites excluding steroid dienone is 1. The van der Waals surface area contributed by atoms with Crippen molar-refractivity contribution in [1.29, 1.82) is 0 Å². The number of carbonyl (C=O) groups excluding carboxylic acids is 1. The Morgan fingerprint density at radius 1 is 1.50 bits per heavy atom. The maximum absolute atomic E-state index is 10.8. The molecule has 0 aromatic carbocycles. The first-order valence-electron chi connectivity index (χ1n) is 3.47. The van der Waals surface area contributed by atoms with Crippen molar-refractivity contribution in [3.8, 4) is 0 Å². The van der Waals surface area contributed by atoms with Crippen LogP contribution in [0.1, 0.15) is 19.8 Å². The number of Topliss-reactive ketones (excluding diaryl/α,β-unsaturated/α-hetero) is 1. The SMILES string of the molecule is C=C(C)CCC(=O)CNC. The lowest BCUT2D eigenvalue weighted by Gasteiger charge is -1.98. The number of hydrogen-bond donors (Lipinski definition) is 1. The van der Waals surface area contributed by atoms with Gasteiger partial charge in [0.05, 0.1) is 6.54 Å². The van der Waals surface area contributed by atoms with Crippen LogP contribution in [0.3, 0.4) is 0 Å². The molecule has 0 aliphatic rings. The minimum Gasteiger partial charge on any atom is -0.313 e. The molecular weight excluding hydrogens is 126 g/mol. The van der Waals surface area contributed by atoms with Gasteiger partial charge in [-0.05, 0) is 20.4 Å². The van der Waals surface area contributed by atoms with Crippen molar-refractivity contribution in [2.75, 3.05) is 13.6 Å². The summed E-state index contributed by atoms with van der Waals surface area (Å²) in [4.78, 5) is 10.8. The zero-order chi connectivity index (χ0) is 7.98. The van der Waals surface area contributed by atoms with Crippen molar-refractivity contribution < 1.29 is 4.79 Å². The molecule has 0 heterocycles. The van der Waals surface area contributed by atoms with Crippen LogP contribution < -0.4 is 5.32 Å². The normalized spacial score (nSPS) is 9.40. The predicted octanol–water partition coefficient (Wildman–Crippen LogP) is 1.13. The highest BCUT2D eigenvalue weighted by Gasteiger charge is 1.98. The van der Waals surface area contributed by atoms with Crippen LogP contribution in [0.4, 0.5) is 0 Å². The summed E-state index contributed by atoms with van der Waals surface area (Å²) in [6.45, 7) is 6.13. The molecule has 0 fully saturated rings. The lowest BCUT2D eigenvalue weighted by atomic mass is 10.1. The van der Waals surface area contributed by atoms with E-state index in [-0.39, 0.29) is 5.78 Å². The summed E-state index contributed by atoms with van der Waals surface area (Å²) < 4.78 is 0. The first-order valence-corrected chi connectivity index (χ1v) is 3.47. The Kier molecular flexibility index (Phi) is 4.85. The number of nitrogens with one attached hydrogen (secondary N) is 1. The molecule has 0 aliphatic heterocycles. The van der Waals surface area contributed by atoms with E-state index < -0.39 is 0 Å². The second-order valence-electron chi connectivity index (χ2n) is 2.53. The van der Waals surface area contributed by atoms with Crippen LogP contribution in [0.15, 0.2) is 12.2 Å².